The molecule has 0 aromatic heterocycles. The first-order valence-corrected chi connectivity index (χ1v) is 7.26. The van der Waals surface area contributed by atoms with Crippen molar-refractivity contribution in [2.75, 3.05) is 13.1 Å². The van der Waals surface area contributed by atoms with E-state index in [1.54, 1.807) is 41.5 Å². The molecule has 0 radical (unpaired) electrons. The van der Waals surface area contributed by atoms with Crippen LogP contribution in [0.3, 0.4) is 0 Å². The molecule has 0 saturated carbocycles. The van der Waals surface area contributed by atoms with E-state index in [1.165, 1.54) is 4.90 Å². The summed E-state index contributed by atoms with van der Waals surface area (Å²) in [6.07, 6.45) is -0.821. The minimum Gasteiger partial charge on any atom is -0.444 e. The van der Waals surface area contributed by atoms with Crippen LogP contribution in [0.4, 0.5) is 9.59 Å². The topological polar surface area (TPSA) is 91.7 Å². The molecule has 7 nitrogen and oxygen atoms in total. The summed E-state index contributed by atoms with van der Waals surface area (Å²) in [5.74, 6) is 0. The summed E-state index contributed by atoms with van der Waals surface area (Å²) in [5.41, 5.74) is -2.39. The third-order valence-corrected chi connectivity index (χ3v) is 2.88. The molecule has 22 heavy (non-hydrogen) atoms. The average molecular weight is 311 g/mol. The fourth-order valence-electron chi connectivity index (χ4n) is 2.01. The van der Waals surface area contributed by atoms with Gasteiger partial charge in [-0.15, -0.1) is 0 Å². The molecule has 1 aliphatic heterocycles. The van der Waals surface area contributed by atoms with Gasteiger partial charge in [0, 0.05) is 13.0 Å². The second kappa shape index (κ2) is 6.03. The smallest absolute Gasteiger partial charge is 0.410 e. The minimum atomic E-state index is -1.14. The Morgan fingerprint density at radius 3 is 2.14 bits per heavy atom. The van der Waals surface area contributed by atoms with Crippen molar-refractivity contribution < 1.29 is 19.1 Å². The van der Waals surface area contributed by atoms with Crippen LogP contribution in [0.25, 0.3) is 0 Å². The molecule has 0 spiro atoms. The van der Waals surface area contributed by atoms with Crippen LogP contribution < -0.4 is 5.32 Å². The zero-order valence-corrected chi connectivity index (χ0v) is 14.1. The average Bonchev–Trinajstić information content (AvgIpc) is 2.69. The van der Waals surface area contributed by atoms with E-state index in [1.807, 2.05) is 0 Å². The molecule has 1 N–H and O–H groups in total. The first-order chi connectivity index (χ1) is 9.86. The number of alkyl carbamates (subject to hydrolysis) is 1. The summed E-state index contributed by atoms with van der Waals surface area (Å²) >= 11 is 0. The molecule has 0 aliphatic carbocycles. The summed E-state index contributed by atoms with van der Waals surface area (Å²) in [4.78, 5) is 25.3. The molecule has 0 bridgehead atoms. The van der Waals surface area contributed by atoms with E-state index in [9.17, 15) is 14.9 Å². The first kappa shape index (κ1) is 18.1. The Kier molecular flexibility index (Phi) is 4.96. The van der Waals surface area contributed by atoms with Gasteiger partial charge in [-0.2, -0.15) is 5.26 Å². The Bertz CT molecular complexity index is 484. The van der Waals surface area contributed by atoms with Crippen molar-refractivity contribution in [3.63, 3.8) is 0 Å². The monoisotopic (exact) mass is 311 g/mol. The number of likely N-dealkylation sites (tertiary alicyclic amines) is 1. The number of nitrogens with one attached hydrogen (secondary N) is 1. The van der Waals surface area contributed by atoms with Crippen molar-refractivity contribution in [2.24, 2.45) is 0 Å². The fourth-order valence-corrected chi connectivity index (χ4v) is 2.01. The second-order valence-corrected chi connectivity index (χ2v) is 7.47. The number of carbonyl (C=O) groups is 2. The van der Waals surface area contributed by atoms with Gasteiger partial charge < -0.3 is 19.7 Å². The molecule has 1 saturated heterocycles. The maximum absolute atomic E-state index is 12.0. The molecule has 1 rings (SSSR count). The van der Waals surface area contributed by atoms with E-state index < -0.39 is 28.9 Å². The standard InChI is InChI=1S/C15H25N3O4/c1-13(2,3)21-11(19)17-15(9-16)7-8-18(10-15)12(20)22-14(4,5)6/h7-8,10H2,1-6H3,(H,17,19)/t15-/m0/s1. The Morgan fingerprint density at radius 1 is 1.14 bits per heavy atom. The van der Waals surface area contributed by atoms with Crippen LogP contribution in [-0.2, 0) is 9.47 Å². The van der Waals surface area contributed by atoms with Crippen LogP contribution in [0, 0.1) is 11.3 Å². The van der Waals surface area contributed by atoms with Gasteiger partial charge in [0.25, 0.3) is 0 Å². The molecule has 0 unspecified atom stereocenters. The van der Waals surface area contributed by atoms with Crippen LogP contribution in [0.15, 0.2) is 0 Å². The zero-order valence-electron chi connectivity index (χ0n) is 14.1. The number of hydrogen-bond donors (Lipinski definition) is 1. The van der Waals surface area contributed by atoms with Crippen LogP contribution >= 0.6 is 0 Å². The summed E-state index contributed by atoms with van der Waals surface area (Å²) in [6.45, 7) is 11.0. The number of carbonyl (C=O) groups excluding carboxylic acids is 2. The van der Waals surface area contributed by atoms with Crippen LogP contribution in [0.2, 0.25) is 0 Å². The van der Waals surface area contributed by atoms with Gasteiger partial charge in [0.05, 0.1) is 12.6 Å². The van der Waals surface area contributed by atoms with Crippen LogP contribution in [0.1, 0.15) is 48.0 Å². The van der Waals surface area contributed by atoms with Crippen molar-refractivity contribution in [1.29, 1.82) is 5.26 Å². The second-order valence-electron chi connectivity index (χ2n) is 7.47. The van der Waals surface area contributed by atoms with Gasteiger partial charge >= 0.3 is 12.2 Å². The van der Waals surface area contributed by atoms with E-state index in [4.69, 9.17) is 9.47 Å². The SMILES string of the molecule is CC(C)(C)OC(=O)N[C@]1(C#N)CCN(C(=O)OC(C)(C)C)C1. The molecule has 0 aromatic carbocycles. The highest BCUT2D eigenvalue weighted by Gasteiger charge is 2.43. The molecular formula is C15H25N3O4. The van der Waals surface area contributed by atoms with E-state index in [0.717, 1.165) is 0 Å². The number of amides is 2. The summed E-state index contributed by atoms with van der Waals surface area (Å²) < 4.78 is 10.4. The van der Waals surface area contributed by atoms with Gasteiger partial charge in [0.2, 0.25) is 0 Å². The molecular weight excluding hydrogens is 286 g/mol. The Morgan fingerprint density at radius 2 is 1.68 bits per heavy atom. The minimum absolute atomic E-state index is 0.0810. The number of rotatable bonds is 1. The lowest BCUT2D eigenvalue weighted by Gasteiger charge is -2.27. The zero-order chi connectivity index (χ0) is 17.2. The molecule has 124 valence electrons. The van der Waals surface area contributed by atoms with Gasteiger partial charge in [-0.05, 0) is 41.5 Å². The van der Waals surface area contributed by atoms with Gasteiger partial charge in [-0.25, -0.2) is 9.59 Å². The molecule has 1 heterocycles. The molecule has 1 atom stereocenters. The highest BCUT2D eigenvalue weighted by molar-refractivity contribution is 5.72. The largest absolute Gasteiger partial charge is 0.444 e. The van der Waals surface area contributed by atoms with E-state index in [0.29, 0.717) is 13.0 Å². The predicted octanol–water partition coefficient (Wildman–Crippen LogP) is 2.41. The van der Waals surface area contributed by atoms with Gasteiger partial charge in [0.15, 0.2) is 0 Å². The maximum atomic E-state index is 12.0. The molecule has 1 aliphatic rings. The number of ether oxygens (including phenoxy) is 2. The third kappa shape index (κ3) is 5.43. The molecule has 1 fully saturated rings. The Labute approximate surface area is 131 Å². The maximum Gasteiger partial charge on any atom is 0.410 e. The highest BCUT2D eigenvalue weighted by atomic mass is 16.6. The first-order valence-electron chi connectivity index (χ1n) is 7.26. The lowest BCUT2D eigenvalue weighted by molar-refractivity contribution is 0.0273. The Balaban J connectivity index is 2.69. The van der Waals surface area contributed by atoms with Crippen molar-refractivity contribution in [2.45, 2.75) is 64.7 Å². The third-order valence-electron chi connectivity index (χ3n) is 2.88. The van der Waals surface area contributed by atoms with E-state index >= 15 is 0 Å². The highest BCUT2D eigenvalue weighted by Crippen LogP contribution is 2.23. The number of nitrogens with zero attached hydrogens (tertiary/aromatic N) is 2. The van der Waals surface area contributed by atoms with Crippen molar-refractivity contribution in [3.8, 4) is 6.07 Å². The van der Waals surface area contributed by atoms with E-state index in [-0.39, 0.29) is 6.54 Å². The van der Waals surface area contributed by atoms with Crippen molar-refractivity contribution in [1.82, 2.24) is 10.2 Å². The lowest BCUT2D eigenvalue weighted by Crippen LogP contribution is -2.51. The number of hydrogen-bond acceptors (Lipinski definition) is 5. The lowest BCUT2D eigenvalue weighted by atomic mass is 10.0. The van der Waals surface area contributed by atoms with Crippen molar-refractivity contribution >= 4 is 12.2 Å². The van der Waals surface area contributed by atoms with Gasteiger partial charge in [0.1, 0.15) is 16.7 Å². The molecule has 2 amide bonds. The van der Waals surface area contributed by atoms with Crippen LogP contribution in [-0.4, -0.2) is 46.9 Å². The summed E-state index contributed by atoms with van der Waals surface area (Å²) in [5, 5.41) is 12.0. The number of nitriles is 1. The predicted molar refractivity (Wildman–Crippen MR) is 80.1 cm³/mol. The normalized spacial score (nSPS) is 22.0. The van der Waals surface area contributed by atoms with Gasteiger partial charge in [-0.3, -0.25) is 0 Å². The summed E-state index contributed by atoms with van der Waals surface area (Å²) in [6, 6.07) is 2.08. The summed E-state index contributed by atoms with van der Waals surface area (Å²) in [7, 11) is 0. The van der Waals surface area contributed by atoms with Crippen molar-refractivity contribution in [3.05, 3.63) is 0 Å². The quantitative estimate of drug-likeness (QED) is 0.803. The van der Waals surface area contributed by atoms with Gasteiger partial charge in [-0.1, -0.05) is 0 Å². The fraction of sp³-hybridized carbons (Fsp3) is 0.800. The Hall–Kier alpha value is -1.97. The van der Waals surface area contributed by atoms with Crippen LogP contribution in [0.5, 0.6) is 0 Å². The molecule has 0 aromatic rings. The van der Waals surface area contributed by atoms with E-state index in [2.05, 4.69) is 11.4 Å². The molecule has 7 heteroatoms.